The van der Waals surface area contributed by atoms with Crippen LogP contribution in [0.4, 0.5) is 20.8 Å². The minimum atomic E-state index is -0.463. The van der Waals surface area contributed by atoms with Gasteiger partial charge in [-0.05, 0) is 61.5 Å². The molecule has 0 radical (unpaired) electrons. The minimum absolute atomic E-state index is 0.0480. The van der Waals surface area contributed by atoms with Crippen LogP contribution in [-0.2, 0) is 22.4 Å². The number of carbonyl (C=O) groups is 2. The van der Waals surface area contributed by atoms with Gasteiger partial charge in [0.2, 0.25) is 0 Å². The fraction of sp³-hybridized carbons (Fsp3) is 0.429. The second-order valence-corrected chi connectivity index (χ2v) is 8.00. The Balaban J connectivity index is 1.10. The minimum Gasteiger partial charge on any atom is -0.480 e. The van der Waals surface area contributed by atoms with Crippen LogP contribution in [0.3, 0.4) is 0 Å². The summed E-state index contributed by atoms with van der Waals surface area (Å²) in [5, 5.41) is 6.03. The van der Waals surface area contributed by atoms with Crippen molar-refractivity contribution < 1.29 is 23.5 Å². The average Bonchev–Trinajstić information content (AvgIpc) is 3.34. The molecule has 2 aliphatic heterocycles. The quantitative estimate of drug-likeness (QED) is 0.676. The lowest BCUT2D eigenvalue weighted by atomic mass is 10.1. The predicted octanol–water partition coefficient (Wildman–Crippen LogP) is 1.67. The van der Waals surface area contributed by atoms with Gasteiger partial charge in [-0.3, -0.25) is 14.7 Å². The highest BCUT2D eigenvalue weighted by atomic mass is 19.1. The van der Waals surface area contributed by atoms with Gasteiger partial charge in [0.05, 0.1) is 12.7 Å². The number of nitrogens with one attached hydrogen (secondary N) is 2. The Morgan fingerprint density at radius 3 is 3.03 bits per heavy atom. The van der Waals surface area contributed by atoms with Crippen molar-refractivity contribution >= 4 is 23.6 Å². The van der Waals surface area contributed by atoms with E-state index in [4.69, 9.17) is 9.47 Å². The summed E-state index contributed by atoms with van der Waals surface area (Å²) in [6.07, 6.45) is 4.49. The second kappa shape index (κ2) is 8.10. The van der Waals surface area contributed by atoms with Crippen molar-refractivity contribution in [2.24, 2.45) is 5.92 Å². The van der Waals surface area contributed by atoms with Crippen LogP contribution in [0.1, 0.15) is 17.5 Å². The average molecular weight is 427 g/mol. The maximum absolute atomic E-state index is 13.8. The number of halogens is 1. The Kier molecular flexibility index (Phi) is 5.14. The molecule has 9 nitrogen and oxygen atoms in total. The fourth-order valence-electron chi connectivity index (χ4n) is 4.25. The van der Waals surface area contributed by atoms with E-state index in [1.165, 1.54) is 11.1 Å². The summed E-state index contributed by atoms with van der Waals surface area (Å²) in [5.74, 6) is 1.02. The molecule has 2 atom stereocenters. The molecule has 5 rings (SSSR count). The maximum atomic E-state index is 13.8. The summed E-state index contributed by atoms with van der Waals surface area (Å²) in [5.41, 5.74) is 1.77. The van der Waals surface area contributed by atoms with Crippen LogP contribution in [0.5, 0.6) is 5.75 Å². The number of aromatic nitrogens is 2. The molecular weight excluding hydrogens is 405 g/mol. The molecule has 2 aromatic heterocycles. The third-order valence-corrected chi connectivity index (χ3v) is 5.78. The fourth-order valence-corrected chi connectivity index (χ4v) is 4.25. The summed E-state index contributed by atoms with van der Waals surface area (Å²) < 4.78 is 24.6. The monoisotopic (exact) mass is 427 g/mol. The van der Waals surface area contributed by atoms with E-state index < -0.39 is 6.09 Å². The van der Waals surface area contributed by atoms with Crippen LogP contribution in [0, 0.1) is 11.7 Å². The molecule has 2 unspecified atom stereocenters. The van der Waals surface area contributed by atoms with Crippen molar-refractivity contribution in [1.29, 1.82) is 0 Å². The van der Waals surface area contributed by atoms with E-state index in [0.717, 1.165) is 24.1 Å². The van der Waals surface area contributed by atoms with Crippen LogP contribution in [0.25, 0.3) is 0 Å². The zero-order chi connectivity index (χ0) is 21.4. The Morgan fingerprint density at radius 1 is 1.26 bits per heavy atom. The molecule has 1 aliphatic carbocycles. The first-order valence-electron chi connectivity index (χ1n) is 10.3. The van der Waals surface area contributed by atoms with Gasteiger partial charge >= 0.3 is 6.09 Å². The molecule has 2 amide bonds. The summed E-state index contributed by atoms with van der Waals surface area (Å²) in [4.78, 5) is 33.5. The first-order valence-corrected chi connectivity index (χ1v) is 10.3. The number of cyclic esters (lactones) is 1. The Morgan fingerprint density at radius 2 is 2.16 bits per heavy atom. The molecule has 0 aromatic carbocycles. The van der Waals surface area contributed by atoms with Gasteiger partial charge in [-0.25, -0.2) is 14.2 Å². The molecule has 162 valence electrons. The van der Waals surface area contributed by atoms with Crippen molar-refractivity contribution in [2.45, 2.75) is 25.4 Å². The summed E-state index contributed by atoms with van der Waals surface area (Å²) >= 11 is 0. The van der Waals surface area contributed by atoms with Gasteiger partial charge in [0, 0.05) is 6.20 Å². The van der Waals surface area contributed by atoms with E-state index in [9.17, 15) is 14.0 Å². The largest absolute Gasteiger partial charge is 0.480 e. The van der Waals surface area contributed by atoms with E-state index in [1.54, 1.807) is 18.3 Å². The molecule has 10 heteroatoms. The molecule has 1 fully saturated rings. The van der Waals surface area contributed by atoms with Gasteiger partial charge < -0.3 is 20.1 Å². The van der Waals surface area contributed by atoms with Crippen molar-refractivity contribution in [3.05, 3.63) is 41.5 Å². The van der Waals surface area contributed by atoms with E-state index in [1.807, 2.05) is 0 Å². The number of anilines is 2. The number of amides is 2. The summed E-state index contributed by atoms with van der Waals surface area (Å²) in [6.45, 7) is 1.78. The topological polar surface area (TPSA) is 106 Å². The molecule has 4 heterocycles. The highest BCUT2D eigenvalue weighted by molar-refractivity contribution is 5.95. The van der Waals surface area contributed by atoms with Crippen LogP contribution in [0.15, 0.2) is 24.5 Å². The van der Waals surface area contributed by atoms with Crippen LogP contribution >= 0.6 is 0 Å². The van der Waals surface area contributed by atoms with E-state index in [-0.39, 0.29) is 24.4 Å². The molecule has 0 saturated carbocycles. The summed E-state index contributed by atoms with van der Waals surface area (Å²) in [6, 6.07) is 3.35. The highest BCUT2D eigenvalue weighted by Crippen LogP contribution is 2.30. The first kappa shape index (κ1) is 19.7. The van der Waals surface area contributed by atoms with Gasteiger partial charge in [-0.15, -0.1) is 0 Å². The third kappa shape index (κ3) is 4.02. The van der Waals surface area contributed by atoms with E-state index in [0.29, 0.717) is 49.2 Å². The first-order chi connectivity index (χ1) is 15.1. The van der Waals surface area contributed by atoms with Crippen LogP contribution in [-0.4, -0.2) is 54.3 Å². The highest BCUT2D eigenvalue weighted by Gasteiger charge is 2.34. The Bertz CT molecular complexity index is 1030. The number of ether oxygens (including phenoxy) is 2. The van der Waals surface area contributed by atoms with Crippen molar-refractivity contribution in [2.75, 3.05) is 36.5 Å². The number of nitrogens with zero attached hydrogens (tertiary/aromatic N) is 3. The van der Waals surface area contributed by atoms with Gasteiger partial charge in [0.1, 0.15) is 17.7 Å². The van der Waals surface area contributed by atoms with Gasteiger partial charge in [-0.1, -0.05) is 0 Å². The smallest absolute Gasteiger partial charge is 0.415 e. The van der Waals surface area contributed by atoms with Crippen LogP contribution in [0.2, 0.25) is 0 Å². The van der Waals surface area contributed by atoms with Gasteiger partial charge in [0.25, 0.3) is 5.91 Å². The Hall–Kier alpha value is -3.27. The molecule has 0 bridgehead atoms. The third-order valence-electron chi connectivity index (χ3n) is 5.78. The van der Waals surface area contributed by atoms with Gasteiger partial charge in [0.15, 0.2) is 18.2 Å². The standard InChI is InChI=1S/C21H22FN5O4/c22-16-9-24-8-13-5-12(6-15(13)16)7-23-4-3-14-10-27(21(29)31-14)18-2-1-17-20(25-18)26-19(28)11-30-17/h1-2,8-9,12,14,23H,3-7,10-11H2,(H,25,26,28). The van der Waals surface area contributed by atoms with Crippen molar-refractivity contribution in [3.8, 4) is 5.75 Å². The lowest BCUT2D eigenvalue weighted by molar-refractivity contribution is -0.118. The lowest BCUT2D eigenvalue weighted by Crippen LogP contribution is -2.30. The second-order valence-electron chi connectivity index (χ2n) is 8.00. The number of fused-ring (bicyclic) bond motifs is 2. The number of hydrogen-bond donors (Lipinski definition) is 2. The van der Waals surface area contributed by atoms with E-state index in [2.05, 4.69) is 20.6 Å². The Labute approximate surface area is 177 Å². The number of pyridine rings is 2. The molecule has 1 saturated heterocycles. The molecule has 0 spiro atoms. The van der Waals surface area contributed by atoms with Crippen LogP contribution < -0.4 is 20.3 Å². The van der Waals surface area contributed by atoms with E-state index >= 15 is 0 Å². The molecule has 2 aromatic rings. The van der Waals surface area contributed by atoms with Crippen molar-refractivity contribution in [1.82, 2.24) is 15.3 Å². The SMILES string of the molecule is O=C1COc2ccc(N3CC(CCNCC4Cc5cncc(F)c5C4)OC3=O)nc2N1. The molecule has 2 N–H and O–H groups in total. The molecular formula is C21H22FN5O4. The maximum Gasteiger partial charge on any atom is 0.415 e. The predicted molar refractivity (Wildman–Crippen MR) is 109 cm³/mol. The number of rotatable bonds is 6. The number of carbonyl (C=O) groups excluding carboxylic acids is 2. The molecule has 31 heavy (non-hydrogen) atoms. The zero-order valence-electron chi connectivity index (χ0n) is 16.8. The normalized spacial score (nSPS) is 21.9. The zero-order valence-corrected chi connectivity index (χ0v) is 16.8. The number of hydrogen-bond acceptors (Lipinski definition) is 7. The molecule has 3 aliphatic rings. The lowest BCUT2D eigenvalue weighted by Gasteiger charge is -2.19. The van der Waals surface area contributed by atoms with Gasteiger partial charge in [-0.2, -0.15) is 0 Å². The summed E-state index contributed by atoms with van der Waals surface area (Å²) in [7, 11) is 0. The van der Waals surface area contributed by atoms with Crippen molar-refractivity contribution in [3.63, 3.8) is 0 Å².